The summed E-state index contributed by atoms with van der Waals surface area (Å²) < 4.78 is 13.3. The van der Waals surface area contributed by atoms with Crippen LogP contribution in [0, 0.1) is 12.7 Å². The van der Waals surface area contributed by atoms with Gasteiger partial charge in [-0.15, -0.1) is 0 Å². The van der Waals surface area contributed by atoms with Crippen LogP contribution in [0.1, 0.15) is 29.8 Å². The number of hydrogen-bond donors (Lipinski definition) is 2. The van der Waals surface area contributed by atoms with Crippen LogP contribution in [0.5, 0.6) is 0 Å². The monoisotopic (exact) mass is 415 g/mol. The Morgan fingerprint density at radius 3 is 2.71 bits per heavy atom. The number of H-pyrrole nitrogens is 1. The highest BCUT2D eigenvalue weighted by Gasteiger charge is 2.26. The molecule has 0 unspecified atom stereocenters. The summed E-state index contributed by atoms with van der Waals surface area (Å²) in [5.74, 6) is -0.285. The first kappa shape index (κ1) is 19.2. The number of halogens is 1. The molecule has 7 heteroatoms. The Morgan fingerprint density at radius 1 is 1.13 bits per heavy atom. The summed E-state index contributed by atoms with van der Waals surface area (Å²) in [5.41, 5.74) is 6.41. The maximum absolute atomic E-state index is 13.3. The van der Waals surface area contributed by atoms with Crippen molar-refractivity contribution < 1.29 is 9.18 Å². The molecule has 0 bridgehead atoms. The van der Waals surface area contributed by atoms with Crippen molar-refractivity contribution in [3.05, 3.63) is 77.4 Å². The van der Waals surface area contributed by atoms with Gasteiger partial charge in [0.15, 0.2) is 0 Å². The molecule has 2 aromatic heterocycles. The van der Waals surface area contributed by atoms with E-state index in [9.17, 15) is 9.18 Å². The van der Waals surface area contributed by atoms with E-state index in [4.69, 9.17) is 0 Å². The normalized spacial score (nSPS) is 14.8. The van der Waals surface area contributed by atoms with Crippen LogP contribution in [0.15, 0.2) is 54.7 Å². The highest BCUT2D eigenvalue weighted by molar-refractivity contribution is 5.99. The molecule has 156 valence electrons. The Hall–Kier alpha value is -3.74. The summed E-state index contributed by atoms with van der Waals surface area (Å²) in [5, 5.41) is 11.6. The van der Waals surface area contributed by atoms with Gasteiger partial charge in [-0.1, -0.05) is 12.1 Å². The standard InChI is InChI=1S/C24H22FN5O/c1-14-11-18(7-9-26-14)23-20-12-17-8-10-30(15(2)16-3-5-19(25)6-4-16)24(31)27-21(17)13-22(20)28-29-23/h3-7,9,11-13,15H,8,10H2,1-2H3,(H,27,31)(H,28,29)/t15-/m1/s1. The highest BCUT2D eigenvalue weighted by Crippen LogP contribution is 2.33. The maximum Gasteiger partial charge on any atom is 0.322 e. The SMILES string of the molecule is Cc1cc(-c2n[nH]c3cc4c(cc23)CCN([C@H](C)c2ccc(F)cc2)C(=O)N4)ccn1. The molecule has 2 amide bonds. The summed E-state index contributed by atoms with van der Waals surface area (Å²) in [6.07, 6.45) is 2.49. The van der Waals surface area contributed by atoms with Crippen molar-refractivity contribution in [3.8, 4) is 11.3 Å². The van der Waals surface area contributed by atoms with Crippen molar-refractivity contribution in [3.63, 3.8) is 0 Å². The van der Waals surface area contributed by atoms with Crippen LogP contribution in [-0.4, -0.2) is 32.7 Å². The number of urea groups is 1. The molecule has 6 nitrogen and oxygen atoms in total. The van der Waals surface area contributed by atoms with Gasteiger partial charge in [0.1, 0.15) is 11.5 Å². The minimum absolute atomic E-state index is 0.167. The van der Waals surface area contributed by atoms with Crippen LogP contribution < -0.4 is 5.32 Å². The molecule has 1 aliphatic rings. The number of nitrogens with zero attached hydrogens (tertiary/aromatic N) is 3. The van der Waals surface area contributed by atoms with Crippen molar-refractivity contribution in [1.82, 2.24) is 20.1 Å². The van der Waals surface area contributed by atoms with E-state index in [-0.39, 0.29) is 17.9 Å². The van der Waals surface area contributed by atoms with Crippen LogP contribution in [0.25, 0.3) is 22.2 Å². The third kappa shape index (κ3) is 3.52. The first-order chi connectivity index (χ1) is 15.0. The van der Waals surface area contributed by atoms with Crippen LogP contribution in [-0.2, 0) is 6.42 Å². The van der Waals surface area contributed by atoms with E-state index < -0.39 is 0 Å². The van der Waals surface area contributed by atoms with E-state index in [0.717, 1.165) is 44.7 Å². The average Bonchev–Trinajstić information content (AvgIpc) is 3.09. The van der Waals surface area contributed by atoms with E-state index in [1.54, 1.807) is 23.2 Å². The molecule has 4 aromatic rings. The number of aromatic amines is 1. The molecule has 0 radical (unpaired) electrons. The lowest BCUT2D eigenvalue weighted by Gasteiger charge is -2.28. The summed E-state index contributed by atoms with van der Waals surface area (Å²) in [6, 6.07) is 14.0. The zero-order chi connectivity index (χ0) is 21.5. The number of pyridine rings is 1. The van der Waals surface area contributed by atoms with Crippen molar-refractivity contribution >= 4 is 22.6 Å². The number of carbonyl (C=O) groups excluding carboxylic acids is 1. The van der Waals surface area contributed by atoms with E-state index >= 15 is 0 Å². The Bertz CT molecular complexity index is 1280. The molecule has 31 heavy (non-hydrogen) atoms. The highest BCUT2D eigenvalue weighted by atomic mass is 19.1. The predicted molar refractivity (Wildman–Crippen MR) is 118 cm³/mol. The zero-order valence-electron chi connectivity index (χ0n) is 17.3. The second-order valence-corrected chi connectivity index (χ2v) is 7.91. The first-order valence-corrected chi connectivity index (χ1v) is 10.3. The molecule has 0 fully saturated rings. The Morgan fingerprint density at radius 2 is 1.94 bits per heavy atom. The molecule has 0 aliphatic carbocycles. The second-order valence-electron chi connectivity index (χ2n) is 7.91. The molecule has 1 atom stereocenters. The maximum atomic E-state index is 13.3. The van der Waals surface area contributed by atoms with Gasteiger partial charge in [0.2, 0.25) is 0 Å². The fraction of sp³-hybridized carbons (Fsp3) is 0.208. The quantitative estimate of drug-likeness (QED) is 0.482. The molecule has 2 aromatic carbocycles. The number of aryl methyl sites for hydroxylation is 1. The molecule has 0 saturated carbocycles. The number of benzene rings is 2. The van der Waals surface area contributed by atoms with Gasteiger partial charge in [-0.2, -0.15) is 5.10 Å². The van der Waals surface area contributed by atoms with Gasteiger partial charge in [0.25, 0.3) is 0 Å². The van der Waals surface area contributed by atoms with Crippen LogP contribution >= 0.6 is 0 Å². The summed E-state index contributed by atoms with van der Waals surface area (Å²) in [4.78, 5) is 19.0. The van der Waals surface area contributed by atoms with Gasteiger partial charge in [-0.3, -0.25) is 10.1 Å². The van der Waals surface area contributed by atoms with Gasteiger partial charge in [0, 0.05) is 35.1 Å². The van der Waals surface area contributed by atoms with Gasteiger partial charge in [-0.25, -0.2) is 9.18 Å². The molecule has 0 spiro atoms. The van der Waals surface area contributed by atoms with Crippen molar-refractivity contribution in [2.45, 2.75) is 26.3 Å². The van der Waals surface area contributed by atoms with Crippen molar-refractivity contribution in [1.29, 1.82) is 0 Å². The average molecular weight is 415 g/mol. The Balaban J connectivity index is 1.48. The number of amides is 2. The largest absolute Gasteiger partial charge is 0.322 e. The minimum Gasteiger partial charge on any atom is -0.317 e. The number of anilines is 1. The van der Waals surface area contributed by atoms with E-state index in [0.29, 0.717) is 13.0 Å². The van der Waals surface area contributed by atoms with Gasteiger partial charge in [0.05, 0.1) is 11.6 Å². The van der Waals surface area contributed by atoms with E-state index in [1.165, 1.54) is 12.1 Å². The lowest BCUT2D eigenvalue weighted by atomic mass is 10.0. The number of aromatic nitrogens is 3. The van der Waals surface area contributed by atoms with Gasteiger partial charge >= 0.3 is 6.03 Å². The number of nitrogens with one attached hydrogen (secondary N) is 2. The summed E-state index contributed by atoms with van der Waals surface area (Å²) >= 11 is 0. The zero-order valence-corrected chi connectivity index (χ0v) is 17.3. The van der Waals surface area contributed by atoms with Crippen LogP contribution in [0.4, 0.5) is 14.9 Å². The molecular formula is C24H22FN5O. The first-order valence-electron chi connectivity index (χ1n) is 10.3. The fourth-order valence-electron chi connectivity index (χ4n) is 4.17. The fourth-order valence-corrected chi connectivity index (χ4v) is 4.17. The number of hydrogen-bond acceptors (Lipinski definition) is 3. The molecule has 3 heterocycles. The number of rotatable bonds is 3. The van der Waals surface area contributed by atoms with Crippen molar-refractivity contribution in [2.75, 3.05) is 11.9 Å². The molecule has 2 N–H and O–H groups in total. The molecule has 5 rings (SSSR count). The summed E-state index contributed by atoms with van der Waals surface area (Å²) in [7, 11) is 0. The molecular weight excluding hydrogens is 393 g/mol. The third-order valence-electron chi connectivity index (χ3n) is 5.90. The van der Waals surface area contributed by atoms with E-state index in [1.807, 2.05) is 32.0 Å². The Labute approximate surface area is 179 Å². The van der Waals surface area contributed by atoms with Crippen LogP contribution in [0.3, 0.4) is 0 Å². The number of fused-ring (bicyclic) bond motifs is 2. The predicted octanol–water partition coefficient (Wildman–Crippen LogP) is 5.22. The smallest absolute Gasteiger partial charge is 0.317 e. The lowest BCUT2D eigenvalue weighted by Crippen LogP contribution is -2.36. The summed E-state index contributed by atoms with van der Waals surface area (Å²) in [6.45, 7) is 4.47. The number of carbonyl (C=O) groups is 1. The molecule has 0 saturated heterocycles. The van der Waals surface area contributed by atoms with E-state index in [2.05, 4.69) is 26.6 Å². The topological polar surface area (TPSA) is 73.9 Å². The van der Waals surface area contributed by atoms with Crippen LogP contribution in [0.2, 0.25) is 0 Å². The van der Waals surface area contributed by atoms with Crippen molar-refractivity contribution in [2.24, 2.45) is 0 Å². The van der Waals surface area contributed by atoms with Gasteiger partial charge < -0.3 is 10.2 Å². The Kier molecular flexibility index (Phi) is 4.66. The third-order valence-corrected chi connectivity index (χ3v) is 5.90. The second kappa shape index (κ2) is 7.50. The lowest BCUT2D eigenvalue weighted by molar-refractivity contribution is 0.195. The van der Waals surface area contributed by atoms with Gasteiger partial charge in [-0.05, 0) is 67.8 Å². The minimum atomic E-state index is -0.285. The molecule has 1 aliphatic heterocycles.